The van der Waals surface area contributed by atoms with Gasteiger partial charge in [-0.2, -0.15) is 0 Å². The zero-order valence-electron chi connectivity index (χ0n) is 8.82. The molecule has 14 heavy (non-hydrogen) atoms. The maximum absolute atomic E-state index is 10.6. The number of nitrogens with one attached hydrogen (secondary N) is 1. The fourth-order valence-corrected chi connectivity index (χ4v) is 0.827. The van der Waals surface area contributed by atoms with Gasteiger partial charge in [0.05, 0.1) is 18.1 Å². The quantitative estimate of drug-likeness (QED) is 0.466. The van der Waals surface area contributed by atoms with E-state index >= 15 is 0 Å². The molecular weight excluding hydrogens is 186 g/mol. The van der Waals surface area contributed by atoms with Crippen molar-refractivity contribution in [1.82, 2.24) is 5.32 Å². The number of aliphatic carboxylic acids is 1. The van der Waals surface area contributed by atoms with Crippen molar-refractivity contribution >= 4 is 5.97 Å². The first-order valence-electron chi connectivity index (χ1n) is 4.59. The van der Waals surface area contributed by atoms with Crippen LogP contribution in [0, 0.1) is 5.92 Å². The number of aliphatic hydroxyl groups is 2. The third kappa shape index (κ3) is 4.55. The van der Waals surface area contributed by atoms with Crippen molar-refractivity contribution < 1.29 is 20.1 Å². The second kappa shape index (κ2) is 5.29. The summed E-state index contributed by atoms with van der Waals surface area (Å²) >= 11 is 0. The third-order valence-electron chi connectivity index (χ3n) is 2.29. The fourth-order valence-electron chi connectivity index (χ4n) is 0.827. The van der Waals surface area contributed by atoms with Crippen molar-refractivity contribution in [3.63, 3.8) is 0 Å². The third-order valence-corrected chi connectivity index (χ3v) is 2.29. The van der Waals surface area contributed by atoms with Crippen LogP contribution in [0.2, 0.25) is 0 Å². The summed E-state index contributed by atoms with van der Waals surface area (Å²) in [6.45, 7) is 4.62. The van der Waals surface area contributed by atoms with Crippen LogP contribution in [0.15, 0.2) is 0 Å². The zero-order chi connectivity index (χ0) is 11.4. The zero-order valence-corrected chi connectivity index (χ0v) is 8.82. The van der Waals surface area contributed by atoms with Gasteiger partial charge < -0.3 is 20.6 Å². The topological polar surface area (TPSA) is 89.8 Å². The molecule has 0 fully saturated rings. The lowest BCUT2D eigenvalue weighted by Gasteiger charge is -2.25. The minimum atomic E-state index is -1.20. The Labute approximate surface area is 83.8 Å². The van der Waals surface area contributed by atoms with Gasteiger partial charge in [0, 0.05) is 12.6 Å². The van der Waals surface area contributed by atoms with Gasteiger partial charge in [-0.3, -0.25) is 4.79 Å². The lowest BCUT2D eigenvalue weighted by atomic mass is 10.0. The molecule has 0 radical (unpaired) electrons. The summed E-state index contributed by atoms with van der Waals surface area (Å²) in [6, 6.07) is -0.245. The molecule has 0 aromatic rings. The first-order chi connectivity index (χ1) is 6.30. The molecule has 5 heteroatoms. The molecule has 0 amide bonds. The molecule has 0 rings (SSSR count). The van der Waals surface area contributed by atoms with Crippen LogP contribution in [0.1, 0.15) is 20.8 Å². The highest BCUT2D eigenvalue weighted by Crippen LogP contribution is 2.05. The van der Waals surface area contributed by atoms with Crippen molar-refractivity contribution in [2.24, 2.45) is 5.92 Å². The Bertz CT molecular complexity index is 193. The molecule has 0 aliphatic rings. The van der Waals surface area contributed by atoms with Crippen LogP contribution in [0.5, 0.6) is 0 Å². The van der Waals surface area contributed by atoms with Crippen LogP contribution in [-0.4, -0.2) is 46.1 Å². The molecule has 4 N–H and O–H groups in total. The predicted molar refractivity (Wildman–Crippen MR) is 52.0 cm³/mol. The molecule has 0 aliphatic carbocycles. The smallest absolute Gasteiger partial charge is 0.307 e. The van der Waals surface area contributed by atoms with Crippen LogP contribution in [0.25, 0.3) is 0 Å². The summed E-state index contributed by atoms with van der Waals surface area (Å²) in [7, 11) is 0. The largest absolute Gasteiger partial charge is 0.481 e. The van der Waals surface area contributed by atoms with E-state index in [0.29, 0.717) is 0 Å². The van der Waals surface area contributed by atoms with Crippen molar-refractivity contribution in [2.45, 2.75) is 32.4 Å². The van der Waals surface area contributed by atoms with E-state index in [1.807, 2.05) is 0 Å². The van der Waals surface area contributed by atoms with Gasteiger partial charge in [0.25, 0.3) is 0 Å². The average molecular weight is 205 g/mol. The summed E-state index contributed by atoms with van der Waals surface area (Å²) < 4.78 is 0. The van der Waals surface area contributed by atoms with Gasteiger partial charge in [-0.1, -0.05) is 6.92 Å². The van der Waals surface area contributed by atoms with Gasteiger partial charge in [0.2, 0.25) is 0 Å². The van der Waals surface area contributed by atoms with Gasteiger partial charge >= 0.3 is 5.97 Å². The second-order valence-electron chi connectivity index (χ2n) is 3.95. The monoisotopic (exact) mass is 205 g/mol. The molecule has 0 spiro atoms. The number of carboxylic acids is 1. The second-order valence-corrected chi connectivity index (χ2v) is 3.95. The summed E-state index contributed by atoms with van der Waals surface area (Å²) in [5.41, 5.74) is -1.20. The Hall–Kier alpha value is -0.650. The van der Waals surface area contributed by atoms with Gasteiger partial charge in [-0.15, -0.1) is 0 Å². The van der Waals surface area contributed by atoms with Gasteiger partial charge in [-0.05, 0) is 13.8 Å². The van der Waals surface area contributed by atoms with Crippen molar-refractivity contribution in [1.29, 1.82) is 0 Å². The van der Waals surface area contributed by atoms with Crippen LogP contribution in [0.4, 0.5) is 0 Å². The maximum atomic E-state index is 10.6. The minimum absolute atomic E-state index is 0.169. The number of aliphatic hydroxyl groups excluding tert-OH is 1. The molecule has 0 heterocycles. The standard InChI is InChI=1S/C9H19NO4/c1-6(8(12)13)7(2)10-4-9(3,14)5-11/h6-7,10-11,14H,4-5H2,1-3H3,(H,12,13). The van der Waals surface area contributed by atoms with E-state index in [-0.39, 0.29) is 19.2 Å². The Balaban J connectivity index is 3.96. The molecule has 3 unspecified atom stereocenters. The molecular formula is C9H19NO4. The molecule has 0 aromatic heterocycles. The number of carbonyl (C=O) groups is 1. The maximum Gasteiger partial charge on any atom is 0.307 e. The Kier molecular flexibility index (Phi) is 5.04. The van der Waals surface area contributed by atoms with Crippen LogP contribution in [-0.2, 0) is 4.79 Å². The molecule has 5 nitrogen and oxygen atoms in total. The summed E-state index contributed by atoms with van der Waals surface area (Å²) in [6.07, 6.45) is 0. The number of hydrogen-bond donors (Lipinski definition) is 4. The number of hydrogen-bond acceptors (Lipinski definition) is 4. The Morgan fingerprint density at radius 1 is 1.50 bits per heavy atom. The molecule has 0 aromatic carbocycles. The molecule has 0 saturated carbocycles. The van der Waals surface area contributed by atoms with Gasteiger partial charge in [0.1, 0.15) is 0 Å². The molecule has 3 atom stereocenters. The highest BCUT2D eigenvalue weighted by Gasteiger charge is 2.23. The van der Waals surface area contributed by atoms with Crippen molar-refractivity contribution in [2.75, 3.05) is 13.2 Å². The van der Waals surface area contributed by atoms with E-state index in [2.05, 4.69) is 5.32 Å². The average Bonchev–Trinajstić information content (AvgIpc) is 2.13. The highest BCUT2D eigenvalue weighted by atomic mass is 16.4. The van der Waals surface area contributed by atoms with E-state index in [4.69, 9.17) is 10.2 Å². The Morgan fingerprint density at radius 2 is 2.00 bits per heavy atom. The SMILES string of the molecule is CC(NCC(C)(O)CO)C(C)C(=O)O. The summed E-state index contributed by atoms with van der Waals surface area (Å²) in [5.74, 6) is -1.40. The van der Waals surface area contributed by atoms with Crippen LogP contribution >= 0.6 is 0 Å². The first kappa shape index (κ1) is 13.4. The lowest BCUT2D eigenvalue weighted by Crippen LogP contribution is -2.46. The van der Waals surface area contributed by atoms with E-state index in [0.717, 1.165) is 0 Å². The molecule has 0 aliphatic heterocycles. The predicted octanol–water partition coefficient (Wildman–Crippen LogP) is -0.571. The molecule has 84 valence electrons. The summed E-state index contributed by atoms with van der Waals surface area (Å²) in [5, 5.41) is 29.7. The minimum Gasteiger partial charge on any atom is -0.481 e. The van der Waals surface area contributed by atoms with E-state index in [1.54, 1.807) is 13.8 Å². The lowest BCUT2D eigenvalue weighted by molar-refractivity contribution is -0.142. The van der Waals surface area contributed by atoms with E-state index < -0.39 is 17.5 Å². The van der Waals surface area contributed by atoms with Gasteiger partial charge in [-0.25, -0.2) is 0 Å². The normalized spacial score (nSPS) is 19.8. The molecule has 0 bridgehead atoms. The fraction of sp³-hybridized carbons (Fsp3) is 0.889. The van der Waals surface area contributed by atoms with Crippen LogP contribution in [0.3, 0.4) is 0 Å². The van der Waals surface area contributed by atoms with Gasteiger partial charge in [0.15, 0.2) is 0 Å². The number of rotatable bonds is 6. The van der Waals surface area contributed by atoms with E-state index in [9.17, 15) is 9.90 Å². The highest BCUT2D eigenvalue weighted by molar-refractivity contribution is 5.70. The number of carboxylic acid groups (broad SMARTS) is 1. The molecule has 0 saturated heterocycles. The summed E-state index contributed by atoms with van der Waals surface area (Å²) in [4.78, 5) is 10.6. The Morgan fingerprint density at radius 3 is 2.36 bits per heavy atom. The first-order valence-corrected chi connectivity index (χ1v) is 4.59. The van der Waals surface area contributed by atoms with Crippen LogP contribution < -0.4 is 5.32 Å². The van der Waals surface area contributed by atoms with Crippen molar-refractivity contribution in [3.05, 3.63) is 0 Å². The van der Waals surface area contributed by atoms with E-state index in [1.165, 1.54) is 6.92 Å². The van der Waals surface area contributed by atoms with Crippen molar-refractivity contribution in [3.8, 4) is 0 Å².